The zero-order chi connectivity index (χ0) is 17.8. The molecule has 0 aromatic heterocycles. The Morgan fingerprint density at radius 2 is 1.69 bits per heavy atom. The Labute approximate surface area is 156 Å². The summed E-state index contributed by atoms with van der Waals surface area (Å²) < 4.78 is 0. The molecule has 6 heteroatoms. The van der Waals surface area contributed by atoms with Gasteiger partial charge in [-0.3, -0.25) is 15.0 Å². The summed E-state index contributed by atoms with van der Waals surface area (Å²) >= 11 is 5.40. The number of hydrogen-bond acceptors (Lipinski definition) is 3. The summed E-state index contributed by atoms with van der Waals surface area (Å²) in [5.74, 6) is 0.720. The molecule has 3 aliphatic rings. The molecule has 0 radical (unpaired) electrons. The van der Waals surface area contributed by atoms with Crippen LogP contribution >= 0.6 is 12.2 Å². The van der Waals surface area contributed by atoms with Crippen LogP contribution in [-0.4, -0.2) is 28.0 Å². The second-order valence-electron chi connectivity index (χ2n) is 7.52. The molecular weight excluding hydrogens is 346 g/mol. The molecule has 2 saturated carbocycles. The Balaban J connectivity index is 1.39. The van der Waals surface area contributed by atoms with Gasteiger partial charge in [-0.1, -0.05) is 30.7 Å². The van der Waals surface area contributed by atoms with E-state index in [1.807, 2.05) is 24.3 Å². The van der Waals surface area contributed by atoms with Crippen LogP contribution in [0.3, 0.4) is 0 Å². The first-order valence-electron chi connectivity index (χ1n) is 9.09. The molecule has 2 amide bonds. The maximum absolute atomic E-state index is 12.9. The molecule has 2 bridgehead atoms. The highest BCUT2D eigenvalue weighted by atomic mass is 32.1. The molecule has 2 aromatic rings. The summed E-state index contributed by atoms with van der Waals surface area (Å²) in [5, 5.41) is 6.32. The van der Waals surface area contributed by atoms with Crippen LogP contribution in [0.1, 0.15) is 46.4 Å². The molecule has 2 fully saturated rings. The summed E-state index contributed by atoms with van der Waals surface area (Å²) in [6, 6.07) is 11.3. The van der Waals surface area contributed by atoms with Crippen molar-refractivity contribution in [3.05, 3.63) is 47.5 Å². The van der Waals surface area contributed by atoms with Crippen molar-refractivity contribution >= 4 is 39.9 Å². The number of nitrogens with zero attached hydrogens (tertiary/aromatic N) is 1. The summed E-state index contributed by atoms with van der Waals surface area (Å²) in [5.41, 5.74) is 3.89. The van der Waals surface area contributed by atoms with Gasteiger partial charge in [0.25, 0.3) is 11.8 Å². The summed E-state index contributed by atoms with van der Waals surface area (Å²) in [7, 11) is 0. The summed E-state index contributed by atoms with van der Waals surface area (Å²) in [4.78, 5) is 25.7. The van der Waals surface area contributed by atoms with E-state index in [0.29, 0.717) is 28.2 Å². The maximum atomic E-state index is 12.9. The van der Waals surface area contributed by atoms with E-state index in [-0.39, 0.29) is 11.8 Å². The lowest BCUT2D eigenvalue weighted by Gasteiger charge is -2.30. The molecule has 3 atom stereocenters. The minimum Gasteiger partial charge on any atom is -0.358 e. The van der Waals surface area contributed by atoms with Crippen LogP contribution in [0.5, 0.6) is 0 Å². The van der Waals surface area contributed by atoms with Crippen molar-refractivity contribution in [3.8, 4) is 0 Å². The molecule has 0 unspecified atom stereocenters. The quantitative estimate of drug-likeness (QED) is 0.633. The molecule has 26 heavy (non-hydrogen) atoms. The number of imide groups is 1. The van der Waals surface area contributed by atoms with Crippen LogP contribution in [0, 0.1) is 11.8 Å². The number of benzene rings is 2. The van der Waals surface area contributed by atoms with Crippen LogP contribution in [0.25, 0.3) is 10.8 Å². The van der Waals surface area contributed by atoms with E-state index in [1.54, 1.807) is 12.1 Å². The van der Waals surface area contributed by atoms with Crippen molar-refractivity contribution in [2.24, 2.45) is 11.8 Å². The van der Waals surface area contributed by atoms with Gasteiger partial charge in [0.1, 0.15) is 0 Å². The lowest BCUT2D eigenvalue weighted by atomic mass is 9.95. The predicted molar refractivity (Wildman–Crippen MR) is 103 cm³/mol. The van der Waals surface area contributed by atoms with Crippen molar-refractivity contribution in [3.63, 3.8) is 0 Å². The van der Waals surface area contributed by atoms with Crippen molar-refractivity contribution in [1.82, 2.24) is 15.8 Å². The van der Waals surface area contributed by atoms with Crippen LogP contribution in [0.15, 0.2) is 36.4 Å². The molecular formula is C20H19N3O2S. The maximum Gasteiger partial charge on any atom is 0.280 e. The molecule has 132 valence electrons. The zero-order valence-electron chi connectivity index (χ0n) is 14.2. The average molecular weight is 365 g/mol. The predicted octanol–water partition coefficient (Wildman–Crippen LogP) is 3.00. The van der Waals surface area contributed by atoms with Gasteiger partial charge in [0.2, 0.25) is 0 Å². The highest BCUT2D eigenvalue weighted by Crippen LogP contribution is 2.44. The average Bonchev–Trinajstić information content (AvgIpc) is 3.26. The Kier molecular flexibility index (Phi) is 3.50. The second kappa shape index (κ2) is 5.77. The number of thiocarbonyl (C=S) groups is 1. The van der Waals surface area contributed by atoms with E-state index >= 15 is 0 Å². The first-order chi connectivity index (χ1) is 12.6. The number of carbonyl (C=O) groups is 2. The Morgan fingerprint density at radius 1 is 1.00 bits per heavy atom. The van der Waals surface area contributed by atoms with E-state index in [2.05, 4.69) is 10.7 Å². The largest absolute Gasteiger partial charge is 0.358 e. The van der Waals surface area contributed by atoms with Gasteiger partial charge in [-0.05, 0) is 60.8 Å². The van der Waals surface area contributed by atoms with E-state index in [0.717, 1.165) is 28.1 Å². The van der Waals surface area contributed by atoms with Gasteiger partial charge in [-0.25, -0.2) is 0 Å². The molecule has 2 N–H and O–H groups in total. The molecule has 2 aliphatic carbocycles. The Morgan fingerprint density at radius 3 is 2.27 bits per heavy atom. The van der Waals surface area contributed by atoms with Gasteiger partial charge in [-0.2, -0.15) is 5.01 Å². The van der Waals surface area contributed by atoms with E-state index < -0.39 is 0 Å². The van der Waals surface area contributed by atoms with E-state index in [1.165, 1.54) is 19.3 Å². The number of hydrazine groups is 1. The summed E-state index contributed by atoms with van der Waals surface area (Å²) in [6.45, 7) is 0. The lowest BCUT2D eigenvalue weighted by Crippen LogP contribution is -2.56. The third-order valence-electron chi connectivity index (χ3n) is 6.04. The number of amides is 2. The Bertz CT molecular complexity index is 906. The molecule has 5 nitrogen and oxygen atoms in total. The fraction of sp³-hybridized carbons (Fsp3) is 0.350. The summed E-state index contributed by atoms with van der Waals surface area (Å²) in [6.07, 6.45) is 4.93. The third kappa shape index (κ3) is 2.32. The van der Waals surface area contributed by atoms with Gasteiger partial charge >= 0.3 is 0 Å². The molecule has 5 rings (SSSR count). The standard InChI is InChI=1S/C20H19N3O2S/c24-18-14-5-1-3-12-4-2-6-15(17(12)14)19(25)23(18)22-20(26)21-16-10-11-7-8-13(16)9-11/h1-6,11,13,16H,7-10H2,(H2,21,22,26)/t11-,13-,16-/m1/s1. The van der Waals surface area contributed by atoms with Gasteiger partial charge in [0.05, 0.1) is 11.1 Å². The zero-order valence-corrected chi connectivity index (χ0v) is 15.0. The first kappa shape index (κ1) is 15.8. The van der Waals surface area contributed by atoms with Gasteiger partial charge in [-0.15, -0.1) is 0 Å². The molecule has 2 aromatic carbocycles. The van der Waals surface area contributed by atoms with Crippen LogP contribution in [-0.2, 0) is 0 Å². The van der Waals surface area contributed by atoms with Gasteiger partial charge in [0.15, 0.2) is 5.11 Å². The number of rotatable bonds is 2. The highest BCUT2D eigenvalue weighted by molar-refractivity contribution is 7.80. The molecule has 1 heterocycles. The van der Waals surface area contributed by atoms with Crippen LogP contribution < -0.4 is 10.7 Å². The molecule has 0 spiro atoms. The van der Waals surface area contributed by atoms with Gasteiger partial charge in [0, 0.05) is 11.4 Å². The number of carbonyl (C=O) groups excluding carboxylic acids is 2. The van der Waals surface area contributed by atoms with Crippen LogP contribution in [0.2, 0.25) is 0 Å². The van der Waals surface area contributed by atoms with Crippen LogP contribution in [0.4, 0.5) is 0 Å². The monoisotopic (exact) mass is 365 g/mol. The fourth-order valence-corrected chi connectivity index (χ4v) is 5.10. The van der Waals surface area contributed by atoms with E-state index in [4.69, 9.17) is 12.2 Å². The fourth-order valence-electron chi connectivity index (χ4n) is 4.86. The normalized spacial score (nSPS) is 26.5. The number of hydrogen-bond donors (Lipinski definition) is 2. The molecule has 0 saturated heterocycles. The number of nitrogens with one attached hydrogen (secondary N) is 2. The minimum absolute atomic E-state index is 0.343. The number of fused-ring (bicyclic) bond motifs is 2. The SMILES string of the molecule is O=C1c2cccc3cccc(c23)C(=O)N1NC(=S)N[C@@H]1C[C@@H]2CC[C@@H]1C2. The highest BCUT2D eigenvalue weighted by Gasteiger charge is 2.40. The van der Waals surface area contributed by atoms with Crippen molar-refractivity contribution in [2.45, 2.75) is 31.7 Å². The lowest BCUT2D eigenvalue weighted by molar-refractivity contribution is 0.0565. The third-order valence-corrected chi connectivity index (χ3v) is 6.25. The minimum atomic E-state index is -0.364. The van der Waals surface area contributed by atoms with Crippen molar-refractivity contribution < 1.29 is 9.59 Å². The Hall–Kier alpha value is -2.47. The van der Waals surface area contributed by atoms with E-state index in [9.17, 15) is 9.59 Å². The second-order valence-corrected chi connectivity index (χ2v) is 7.93. The van der Waals surface area contributed by atoms with Crippen molar-refractivity contribution in [2.75, 3.05) is 0 Å². The smallest absolute Gasteiger partial charge is 0.280 e. The van der Waals surface area contributed by atoms with Crippen molar-refractivity contribution in [1.29, 1.82) is 0 Å². The topological polar surface area (TPSA) is 61.4 Å². The first-order valence-corrected chi connectivity index (χ1v) is 9.50. The molecule has 1 aliphatic heterocycles. The van der Waals surface area contributed by atoms with Gasteiger partial charge < -0.3 is 5.32 Å².